The maximum Gasteiger partial charge on any atom is 0.244 e. The van der Waals surface area contributed by atoms with E-state index in [0.717, 1.165) is 15.7 Å². The van der Waals surface area contributed by atoms with Crippen molar-refractivity contribution >= 4 is 50.9 Å². The van der Waals surface area contributed by atoms with E-state index in [-0.39, 0.29) is 5.12 Å². The van der Waals surface area contributed by atoms with E-state index in [9.17, 15) is 4.79 Å². The van der Waals surface area contributed by atoms with Gasteiger partial charge in [-0.25, -0.2) is 4.99 Å². The third-order valence-electron chi connectivity index (χ3n) is 2.34. The molecule has 1 aromatic rings. The minimum atomic E-state index is 0.0144. The van der Waals surface area contributed by atoms with Crippen molar-refractivity contribution in [2.45, 2.75) is 4.90 Å². The first-order valence-electron chi connectivity index (χ1n) is 5.63. The SMILES string of the molecule is C=CCSC1=NC(=Cc2ccc(SC)cc2)C(=O)S1. The van der Waals surface area contributed by atoms with Crippen LogP contribution in [-0.4, -0.2) is 21.5 Å². The Balaban J connectivity index is 2.15. The van der Waals surface area contributed by atoms with E-state index in [1.165, 1.54) is 28.4 Å². The van der Waals surface area contributed by atoms with Crippen molar-refractivity contribution in [3.05, 3.63) is 48.2 Å². The molecule has 1 aliphatic rings. The van der Waals surface area contributed by atoms with E-state index in [1.54, 1.807) is 17.8 Å². The van der Waals surface area contributed by atoms with Gasteiger partial charge >= 0.3 is 0 Å². The van der Waals surface area contributed by atoms with Gasteiger partial charge in [-0.1, -0.05) is 30.0 Å². The third-order valence-corrected chi connectivity index (χ3v) is 5.09. The molecular weight excluding hydrogens is 294 g/mol. The molecule has 0 saturated carbocycles. The number of hydrogen-bond donors (Lipinski definition) is 0. The lowest BCUT2D eigenvalue weighted by Gasteiger charge is -1.97. The number of rotatable bonds is 4. The molecule has 2 rings (SSSR count). The van der Waals surface area contributed by atoms with E-state index >= 15 is 0 Å². The number of thioether (sulfide) groups is 3. The number of carbonyl (C=O) groups excluding carboxylic acids is 1. The zero-order valence-corrected chi connectivity index (χ0v) is 12.9. The van der Waals surface area contributed by atoms with Gasteiger partial charge in [0.2, 0.25) is 5.12 Å². The highest BCUT2D eigenvalue weighted by Crippen LogP contribution is 2.31. The van der Waals surface area contributed by atoms with Crippen LogP contribution in [0.4, 0.5) is 0 Å². The Bertz CT molecular complexity index is 546. The highest BCUT2D eigenvalue weighted by atomic mass is 32.2. The molecule has 0 unspecified atom stereocenters. The van der Waals surface area contributed by atoms with Crippen molar-refractivity contribution in [2.24, 2.45) is 4.99 Å². The number of hydrogen-bond acceptors (Lipinski definition) is 5. The summed E-state index contributed by atoms with van der Waals surface area (Å²) in [7, 11) is 0. The quantitative estimate of drug-likeness (QED) is 0.471. The number of benzene rings is 1. The van der Waals surface area contributed by atoms with Crippen LogP contribution < -0.4 is 0 Å². The van der Waals surface area contributed by atoms with Gasteiger partial charge in [0.1, 0.15) is 10.1 Å². The normalized spacial score (nSPS) is 16.8. The van der Waals surface area contributed by atoms with Crippen LogP contribution in [0.1, 0.15) is 5.56 Å². The third kappa shape index (κ3) is 4.03. The van der Waals surface area contributed by atoms with Crippen LogP contribution in [0, 0.1) is 0 Å². The largest absolute Gasteiger partial charge is 0.279 e. The molecule has 1 heterocycles. The molecule has 0 fully saturated rings. The molecular formula is C14H13NOS3. The predicted molar refractivity (Wildman–Crippen MR) is 88.9 cm³/mol. The Morgan fingerprint density at radius 3 is 2.74 bits per heavy atom. The summed E-state index contributed by atoms with van der Waals surface area (Å²) in [5, 5.41) is 0.0144. The zero-order chi connectivity index (χ0) is 13.7. The minimum Gasteiger partial charge on any atom is -0.279 e. The molecule has 0 saturated heterocycles. The number of carbonyl (C=O) groups is 1. The maximum atomic E-state index is 11.8. The minimum absolute atomic E-state index is 0.0144. The van der Waals surface area contributed by atoms with E-state index < -0.39 is 0 Å². The zero-order valence-electron chi connectivity index (χ0n) is 10.5. The lowest BCUT2D eigenvalue weighted by molar-refractivity contribution is -0.107. The first-order valence-corrected chi connectivity index (χ1v) is 8.66. The van der Waals surface area contributed by atoms with Gasteiger partial charge in [0.25, 0.3) is 0 Å². The predicted octanol–water partition coefficient (Wildman–Crippen LogP) is 4.30. The average molecular weight is 307 g/mol. The van der Waals surface area contributed by atoms with Gasteiger partial charge in [0, 0.05) is 10.6 Å². The van der Waals surface area contributed by atoms with Crippen LogP contribution in [-0.2, 0) is 4.79 Å². The van der Waals surface area contributed by atoms with Crippen LogP contribution in [0.25, 0.3) is 6.08 Å². The standard InChI is InChI=1S/C14H13NOS3/c1-3-8-18-14-15-12(13(16)19-14)9-10-4-6-11(17-2)7-5-10/h3-7,9H,1,8H2,2H3. The summed E-state index contributed by atoms with van der Waals surface area (Å²) in [6, 6.07) is 8.09. The molecule has 0 aliphatic carbocycles. The summed E-state index contributed by atoms with van der Waals surface area (Å²) in [6.45, 7) is 3.66. The maximum absolute atomic E-state index is 11.8. The fourth-order valence-corrected chi connectivity index (χ4v) is 3.45. The van der Waals surface area contributed by atoms with Gasteiger partial charge in [-0.2, -0.15) is 0 Å². The van der Waals surface area contributed by atoms with Crippen LogP contribution >= 0.6 is 35.3 Å². The smallest absolute Gasteiger partial charge is 0.244 e. The fourth-order valence-electron chi connectivity index (χ4n) is 1.44. The van der Waals surface area contributed by atoms with Crippen molar-refractivity contribution in [1.82, 2.24) is 0 Å². The van der Waals surface area contributed by atoms with Gasteiger partial charge in [-0.3, -0.25) is 4.79 Å². The molecule has 2 nitrogen and oxygen atoms in total. The molecule has 1 aromatic carbocycles. The molecule has 0 amide bonds. The number of nitrogens with zero attached hydrogens (tertiary/aromatic N) is 1. The first-order chi connectivity index (χ1) is 9.22. The molecule has 0 bridgehead atoms. The summed E-state index contributed by atoms with van der Waals surface area (Å²) in [5.41, 5.74) is 1.52. The number of aliphatic imine (C=N–C) groups is 1. The van der Waals surface area contributed by atoms with Crippen LogP contribution in [0.5, 0.6) is 0 Å². The van der Waals surface area contributed by atoms with Crippen molar-refractivity contribution in [1.29, 1.82) is 0 Å². The van der Waals surface area contributed by atoms with Gasteiger partial charge in [-0.05, 0) is 41.8 Å². The Morgan fingerprint density at radius 2 is 2.11 bits per heavy atom. The van der Waals surface area contributed by atoms with Crippen LogP contribution in [0.15, 0.2) is 52.5 Å². The Kier molecular flexibility index (Phi) is 5.36. The van der Waals surface area contributed by atoms with Crippen molar-refractivity contribution in [3.8, 4) is 0 Å². The average Bonchev–Trinajstić information content (AvgIpc) is 2.78. The summed E-state index contributed by atoms with van der Waals surface area (Å²) >= 11 is 4.43. The van der Waals surface area contributed by atoms with E-state index in [2.05, 4.69) is 11.6 Å². The Hall–Kier alpha value is -0.910. The van der Waals surface area contributed by atoms with Crippen LogP contribution in [0.2, 0.25) is 0 Å². The highest BCUT2D eigenvalue weighted by molar-refractivity contribution is 8.45. The van der Waals surface area contributed by atoms with E-state index in [4.69, 9.17) is 0 Å². The second kappa shape index (κ2) is 7.03. The molecule has 0 spiro atoms. The lowest BCUT2D eigenvalue weighted by atomic mass is 10.2. The molecule has 5 heteroatoms. The van der Waals surface area contributed by atoms with E-state index in [0.29, 0.717) is 5.70 Å². The molecule has 0 atom stereocenters. The first kappa shape index (κ1) is 14.5. The van der Waals surface area contributed by atoms with Crippen molar-refractivity contribution in [3.63, 3.8) is 0 Å². The fraction of sp³-hybridized carbons (Fsp3) is 0.143. The molecule has 0 radical (unpaired) electrons. The topological polar surface area (TPSA) is 29.4 Å². The van der Waals surface area contributed by atoms with Gasteiger partial charge in [0.05, 0.1) is 0 Å². The summed E-state index contributed by atoms with van der Waals surface area (Å²) in [4.78, 5) is 17.4. The second-order valence-electron chi connectivity index (χ2n) is 3.67. The second-order valence-corrected chi connectivity index (χ2v) is 6.78. The highest BCUT2D eigenvalue weighted by Gasteiger charge is 2.21. The van der Waals surface area contributed by atoms with Gasteiger partial charge < -0.3 is 0 Å². The molecule has 19 heavy (non-hydrogen) atoms. The Labute approximate surface area is 125 Å². The van der Waals surface area contributed by atoms with Crippen LogP contribution in [0.3, 0.4) is 0 Å². The van der Waals surface area contributed by atoms with Gasteiger partial charge in [-0.15, -0.1) is 18.3 Å². The molecule has 0 aromatic heterocycles. The summed E-state index contributed by atoms with van der Waals surface area (Å²) in [6.07, 6.45) is 5.68. The van der Waals surface area contributed by atoms with Crippen molar-refractivity contribution < 1.29 is 4.79 Å². The monoisotopic (exact) mass is 307 g/mol. The summed E-state index contributed by atoms with van der Waals surface area (Å²) < 4.78 is 0.803. The molecule has 0 N–H and O–H groups in total. The molecule has 1 aliphatic heterocycles. The Morgan fingerprint density at radius 1 is 1.37 bits per heavy atom. The van der Waals surface area contributed by atoms with Crippen molar-refractivity contribution in [2.75, 3.05) is 12.0 Å². The van der Waals surface area contributed by atoms with Gasteiger partial charge in [0.15, 0.2) is 0 Å². The summed E-state index contributed by atoms with van der Waals surface area (Å²) in [5.74, 6) is 0.773. The molecule has 98 valence electrons. The van der Waals surface area contributed by atoms with E-state index in [1.807, 2.05) is 36.6 Å². The lowest BCUT2D eigenvalue weighted by Crippen LogP contribution is -1.88.